The van der Waals surface area contributed by atoms with Gasteiger partial charge in [-0.05, 0) is 29.8 Å². The van der Waals surface area contributed by atoms with Crippen molar-refractivity contribution in [2.75, 3.05) is 0 Å². The first-order valence-electron chi connectivity index (χ1n) is 5.56. The monoisotopic (exact) mass is 304 g/mol. The van der Waals surface area contributed by atoms with E-state index in [0.29, 0.717) is 6.07 Å². The van der Waals surface area contributed by atoms with Crippen LogP contribution in [0.15, 0.2) is 48.5 Å². The van der Waals surface area contributed by atoms with E-state index in [4.69, 9.17) is 11.6 Å². The van der Waals surface area contributed by atoms with Gasteiger partial charge in [-0.25, -0.2) is 4.39 Å². The average Bonchev–Trinajstić information content (AvgIpc) is 2.37. The van der Waals surface area contributed by atoms with Crippen LogP contribution < -0.4 is 0 Å². The van der Waals surface area contributed by atoms with E-state index in [1.165, 1.54) is 12.1 Å². The van der Waals surface area contributed by atoms with Gasteiger partial charge >= 0.3 is 6.18 Å². The van der Waals surface area contributed by atoms with E-state index in [1.54, 1.807) is 0 Å². The Balaban J connectivity index is 2.66. The van der Waals surface area contributed by atoms with Crippen LogP contribution in [0.2, 0.25) is 5.02 Å². The first-order chi connectivity index (χ1) is 9.25. The Hall–Kier alpha value is -1.59. The molecule has 20 heavy (non-hydrogen) atoms. The number of rotatable bonds is 2. The van der Waals surface area contributed by atoms with Crippen LogP contribution in [0.4, 0.5) is 17.6 Å². The lowest BCUT2D eigenvalue weighted by Gasteiger charge is -2.31. The first kappa shape index (κ1) is 14.8. The molecule has 0 saturated heterocycles. The highest BCUT2D eigenvalue weighted by molar-refractivity contribution is 6.30. The van der Waals surface area contributed by atoms with Gasteiger partial charge in [0.1, 0.15) is 5.82 Å². The Morgan fingerprint density at radius 1 is 0.900 bits per heavy atom. The molecule has 6 heteroatoms. The molecule has 0 bridgehead atoms. The van der Waals surface area contributed by atoms with Crippen LogP contribution in [0.3, 0.4) is 0 Å². The molecule has 0 aliphatic rings. The summed E-state index contributed by atoms with van der Waals surface area (Å²) in [6.07, 6.45) is -5.01. The maximum Gasteiger partial charge on any atom is 0.425 e. The normalized spacial score (nSPS) is 14.9. The van der Waals surface area contributed by atoms with Crippen molar-refractivity contribution in [1.29, 1.82) is 0 Å². The van der Waals surface area contributed by atoms with Crippen molar-refractivity contribution in [3.05, 3.63) is 70.5 Å². The highest BCUT2D eigenvalue weighted by atomic mass is 35.5. The second-order valence-electron chi connectivity index (χ2n) is 4.23. The molecule has 0 aromatic heterocycles. The Labute approximate surface area is 117 Å². The van der Waals surface area contributed by atoms with Crippen molar-refractivity contribution in [3.8, 4) is 0 Å². The van der Waals surface area contributed by atoms with E-state index in [1.807, 2.05) is 0 Å². The molecular weight excluding hydrogens is 296 g/mol. The minimum absolute atomic E-state index is 0.234. The number of alkyl halides is 3. The van der Waals surface area contributed by atoms with Gasteiger partial charge in [-0.3, -0.25) is 0 Å². The molecule has 2 aromatic carbocycles. The number of hydrogen-bond acceptors (Lipinski definition) is 1. The quantitative estimate of drug-likeness (QED) is 0.821. The molecule has 1 atom stereocenters. The maximum atomic E-state index is 13.3. The van der Waals surface area contributed by atoms with Gasteiger partial charge in [-0.2, -0.15) is 13.2 Å². The Morgan fingerprint density at radius 3 is 2.00 bits per heavy atom. The van der Waals surface area contributed by atoms with Gasteiger partial charge in [0, 0.05) is 10.6 Å². The van der Waals surface area contributed by atoms with Crippen LogP contribution in [0, 0.1) is 5.82 Å². The van der Waals surface area contributed by atoms with Crippen molar-refractivity contribution >= 4 is 11.6 Å². The van der Waals surface area contributed by atoms with E-state index in [0.717, 1.165) is 30.3 Å². The molecule has 0 heterocycles. The number of aliphatic hydroxyl groups is 1. The molecule has 1 N–H and O–H groups in total. The Bertz CT molecular complexity index is 609. The second-order valence-corrected chi connectivity index (χ2v) is 4.66. The number of hydrogen-bond donors (Lipinski definition) is 1. The molecule has 0 fully saturated rings. The summed E-state index contributed by atoms with van der Waals surface area (Å²) < 4.78 is 53.1. The van der Waals surface area contributed by atoms with Gasteiger partial charge in [-0.15, -0.1) is 0 Å². The van der Waals surface area contributed by atoms with Crippen molar-refractivity contribution < 1.29 is 22.7 Å². The highest BCUT2D eigenvalue weighted by Crippen LogP contribution is 2.44. The van der Waals surface area contributed by atoms with Crippen LogP contribution in [0.5, 0.6) is 0 Å². The van der Waals surface area contributed by atoms with E-state index < -0.39 is 28.7 Å². The fraction of sp³-hybridized carbons (Fsp3) is 0.143. The summed E-state index contributed by atoms with van der Waals surface area (Å²) in [4.78, 5) is 0. The summed E-state index contributed by atoms with van der Waals surface area (Å²) in [6, 6.07) is 8.36. The molecule has 2 rings (SSSR count). The largest absolute Gasteiger partial charge is 0.425 e. The van der Waals surface area contributed by atoms with Crippen LogP contribution in [-0.2, 0) is 5.60 Å². The molecule has 106 valence electrons. The van der Waals surface area contributed by atoms with Gasteiger partial charge in [0.05, 0.1) is 0 Å². The van der Waals surface area contributed by atoms with Crippen molar-refractivity contribution in [1.82, 2.24) is 0 Å². The van der Waals surface area contributed by atoms with Crippen LogP contribution in [0.25, 0.3) is 0 Å². The minimum Gasteiger partial charge on any atom is -0.372 e. The van der Waals surface area contributed by atoms with Gasteiger partial charge in [0.2, 0.25) is 5.60 Å². The Kier molecular flexibility index (Phi) is 3.75. The maximum absolute atomic E-state index is 13.3. The molecule has 0 spiro atoms. The van der Waals surface area contributed by atoms with Gasteiger partial charge < -0.3 is 5.11 Å². The highest BCUT2D eigenvalue weighted by Gasteiger charge is 2.56. The zero-order chi connectivity index (χ0) is 15.0. The number of benzene rings is 2. The smallest absolute Gasteiger partial charge is 0.372 e. The Morgan fingerprint density at radius 2 is 1.50 bits per heavy atom. The summed E-state index contributed by atoms with van der Waals surface area (Å²) in [5.74, 6) is -0.862. The van der Waals surface area contributed by atoms with E-state index in [9.17, 15) is 22.7 Å². The predicted molar refractivity (Wildman–Crippen MR) is 66.9 cm³/mol. The summed E-state index contributed by atoms with van der Waals surface area (Å²) in [5.41, 5.74) is -4.31. The zero-order valence-electron chi connectivity index (χ0n) is 9.96. The molecular formula is C14H9ClF4O. The lowest BCUT2D eigenvalue weighted by molar-refractivity contribution is -0.248. The fourth-order valence-corrected chi connectivity index (χ4v) is 2.02. The summed E-state index contributed by atoms with van der Waals surface area (Å²) in [6.45, 7) is 0. The van der Waals surface area contributed by atoms with Crippen molar-refractivity contribution in [2.24, 2.45) is 0 Å². The van der Waals surface area contributed by atoms with Crippen LogP contribution in [-0.4, -0.2) is 11.3 Å². The van der Waals surface area contributed by atoms with Gasteiger partial charge in [0.25, 0.3) is 0 Å². The third kappa shape index (κ3) is 2.51. The fourth-order valence-electron chi connectivity index (χ4n) is 1.90. The van der Waals surface area contributed by atoms with Crippen molar-refractivity contribution in [2.45, 2.75) is 11.8 Å². The molecule has 1 nitrogen and oxygen atoms in total. The second kappa shape index (κ2) is 5.07. The number of halogens is 5. The molecule has 0 saturated carbocycles. The predicted octanol–water partition coefficient (Wildman–Crippen LogP) is 4.28. The van der Waals surface area contributed by atoms with E-state index in [2.05, 4.69) is 0 Å². The molecule has 0 aliphatic carbocycles. The molecule has 0 radical (unpaired) electrons. The molecule has 0 amide bonds. The molecule has 2 aromatic rings. The third-order valence-corrected chi connectivity index (χ3v) is 3.17. The third-order valence-electron chi connectivity index (χ3n) is 2.91. The zero-order valence-corrected chi connectivity index (χ0v) is 10.7. The van der Waals surface area contributed by atoms with E-state index in [-0.39, 0.29) is 5.02 Å². The van der Waals surface area contributed by atoms with Gasteiger partial charge in [0.15, 0.2) is 0 Å². The topological polar surface area (TPSA) is 20.2 Å². The minimum atomic E-state index is -5.01. The molecule has 1 unspecified atom stereocenters. The molecule has 0 aliphatic heterocycles. The summed E-state index contributed by atoms with van der Waals surface area (Å²) in [7, 11) is 0. The SMILES string of the molecule is OC(c1ccc(Cl)cc1)(c1cccc(F)c1)C(F)(F)F. The van der Waals surface area contributed by atoms with Crippen molar-refractivity contribution in [3.63, 3.8) is 0 Å². The lowest BCUT2D eigenvalue weighted by Crippen LogP contribution is -2.43. The standard InChI is InChI=1S/C14H9ClF4O/c15-11-6-4-9(5-7-11)13(20,14(17,18)19)10-2-1-3-12(16)8-10/h1-8,20H. The van der Waals surface area contributed by atoms with Gasteiger partial charge in [-0.1, -0.05) is 35.9 Å². The summed E-state index contributed by atoms with van der Waals surface area (Å²) in [5, 5.41) is 10.4. The summed E-state index contributed by atoms with van der Waals surface area (Å²) >= 11 is 5.62. The first-order valence-corrected chi connectivity index (χ1v) is 5.94. The van der Waals surface area contributed by atoms with Crippen LogP contribution >= 0.6 is 11.6 Å². The average molecular weight is 305 g/mol. The lowest BCUT2D eigenvalue weighted by atomic mass is 9.85. The van der Waals surface area contributed by atoms with E-state index >= 15 is 0 Å². The van der Waals surface area contributed by atoms with Crippen LogP contribution in [0.1, 0.15) is 11.1 Å².